The van der Waals surface area contributed by atoms with Crippen molar-refractivity contribution >= 4 is 38.6 Å². The second-order valence-electron chi connectivity index (χ2n) is 5.37. The maximum atomic E-state index is 6.35. The summed E-state index contributed by atoms with van der Waals surface area (Å²) in [7, 11) is 0. The van der Waals surface area contributed by atoms with Gasteiger partial charge in [0.15, 0.2) is 0 Å². The molecule has 0 radical (unpaired) electrons. The average Bonchev–Trinajstić information content (AvgIpc) is 2.77. The van der Waals surface area contributed by atoms with Crippen LogP contribution in [0.3, 0.4) is 0 Å². The third kappa shape index (κ3) is 2.60. The van der Waals surface area contributed by atoms with Crippen molar-refractivity contribution < 1.29 is 0 Å². The Bertz CT molecular complexity index is 821. The lowest BCUT2D eigenvalue weighted by Crippen LogP contribution is -2.02. The van der Waals surface area contributed by atoms with E-state index in [0.717, 1.165) is 27.0 Å². The molecule has 0 amide bonds. The number of hydrogen-bond acceptors (Lipinski definition) is 1. The first-order valence-corrected chi connectivity index (χ1v) is 8.10. The first kappa shape index (κ1) is 14.6. The predicted molar refractivity (Wildman–Crippen MR) is 92.5 cm³/mol. The molecule has 2 aromatic carbocycles. The number of rotatable bonds is 2. The van der Waals surface area contributed by atoms with E-state index in [1.807, 2.05) is 6.92 Å². The van der Waals surface area contributed by atoms with E-state index in [4.69, 9.17) is 16.6 Å². The lowest BCUT2D eigenvalue weighted by Gasteiger charge is -2.13. The minimum absolute atomic E-state index is 0.161. The van der Waals surface area contributed by atoms with Crippen molar-refractivity contribution in [3.05, 3.63) is 57.8 Å². The number of aromatic nitrogens is 2. The number of halogens is 2. The quantitative estimate of drug-likeness (QED) is 0.534. The van der Waals surface area contributed by atoms with E-state index in [0.29, 0.717) is 0 Å². The maximum absolute atomic E-state index is 6.35. The molecule has 4 heteroatoms. The molecule has 0 aliphatic rings. The summed E-state index contributed by atoms with van der Waals surface area (Å²) in [5.41, 5.74) is 5.53. The van der Waals surface area contributed by atoms with E-state index in [1.54, 1.807) is 0 Å². The molecule has 108 valence electrons. The number of imidazole rings is 1. The molecule has 0 saturated carbocycles. The minimum Gasteiger partial charge on any atom is -0.294 e. The van der Waals surface area contributed by atoms with E-state index in [-0.39, 0.29) is 5.38 Å². The van der Waals surface area contributed by atoms with Gasteiger partial charge in [0.25, 0.3) is 0 Å². The number of hydrogen-bond donors (Lipinski definition) is 0. The Labute approximate surface area is 137 Å². The fourth-order valence-electron chi connectivity index (χ4n) is 2.52. The van der Waals surface area contributed by atoms with Crippen molar-refractivity contribution in [2.75, 3.05) is 0 Å². The molecule has 0 N–H and O–H groups in total. The first-order valence-electron chi connectivity index (χ1n) is 6.87. The molecule has 1 aromatic heterocycles. The van der Waals surface area contributed by atoms with Gasteiger partial charge in [0.1, 0.15) is 5.82 Å². The Morgan fingerprint density at radius 1 is 1.10 bits per heavy atom. The van der Waals surface area contributed by atoms with Crippen LogP contribution in [0.2, 0.25) is 0 Å². The number of fused-ring (bicyclic) bond motifs is 1. The van der Waals surface area contributed by atoms with Gasteiger partial charge in [0, 0.05) is 4.47 Å². The smallest absolute Gasteiger partial charge is 0.132 e. The molecule has 1 heterocycles. The fourth-order valence-corrected chi connectivity index (χ4v) is 3.34. The predicted octanol–water partition coefficient (Wildman–Crippen LogP) is 5.70. The van der Waals surface area contributed by atoms with Gasteiger partial charge >= 0.3 is 0 Å². The number of alkyl halides is 1. The van der Waals surface area contributed by atoms with Crippen LogP contribution in [0, 0.1) is 13.8 Å². The molecule has 0 fully saturated rings. The highest BCUT2D eigenvalue weighted by molar-refractivity contribution is 9.10. The van der Waals surface area contributed by atoms with E-state index in [2.05, 4.69) is 70.7 Å². The average molecular weight is 364 g/mol. The van der Waals surface area contributed by atoms with Crippen LogP contribution in [-0.4, -0.2) is 9.55 Å². The van der Waals surface area contributed by atoms with Crippen molar-refractivity contribution in [2.24, 2.45) is 0 Å². The summed E-state index contributed by atoms with van der Waals surface area (Å²) in [5.74, 6) is 0.863. The van der Waals surface area contributed by atoms with Crippen LogP contribution in [0.25, 0.3) is 16.7 Å². The summed E-state index contributed by atoms with van der Waals surface area (Å²) in [6.07, 6.45) is 0. The summed E-state index contributed by atoms with van der Waals surface area (Å²) in [6, 6.07) is 12.6. The molecule has 0 bridgehead atoms. The van der Waals surface area contributed by atoms with Gasteiger partial charge in [-0.05, 0) is 72.1 Å². The van der Waals surface area contributed by atoms with Gasteiger partial charge in [-0.3, -0.25) is 4.57 Å². The van der Waals surface area contributed by atoms with Crippen LogP contribution in [-0.2, 0) is 0 Å². The van der Waals surface area contributed by atoms with Crippen LogP contribution in [0.4, 0.5) is 0 Å². The van der Waals surface area contributed by atoms with Gasteiger partial charge in [-0.2, -0.15) is 0 Å². The highest BCUT2D eigenvalue weighted by atomic mass is 79.9. The van der Waals surface area contributed by atoms with E-state index in [1.165, 1.54) is 11.1 Å². The van der Waals surface area contributed by atoms with Crippen LogP contribution in [0.5, 0.6) is 0 Å². The lowest BCUT2D eigenvalue weighted by molar-refractivity contribution is 0.880. The van der Waals surface area contributed by atoms with Crippen LogP contribution >= 0.6 is 27.5 Å². The highest BCUT2D eigenvalue weighted by Crippen LogP contribution is 2.32. The van der Waals surface area contributed by atoms with Gasteiger partial charge < -0.3 is 0 Å². The van der Waals surface area contributed by atoms with Gasteiger partial charge in [0.05, 0.1) is 22.1 Å². The van der Waals surface area contributed by atoms with Crippen LogP contribution in [0.1, 0.15) is 29.3 Å². The molecular weight excluding hydrogens is 348 g/mol. The molecule has 0 saturated heterocycles. The normalized spacial score (nSPS) is 12.8. The zero-order chi connectivity index (χ0) is 15.1. The van der Waals surface area contributed by atoms with E-state index in [9.17, 15) is 0 Å². The van der Waals surface area contributed by atoms with Crippen molar-refractivity contribution in [1.29, 1.82) is 0 Å². The summed E-state index contributed by atoms with van der Waals surface area (Å²) in [4.78, 5) is 4.72. The molecule has 3 aromatic rings. The molecule has 0 aliphatic heterocycles. The van der Waals surface area contributed by atoms with Gasteiger partial charge in [-0.15, -0.1) is 11.6 Å². The van der Waals surface area contributed by atoms with Crippen molar-refractivity contribution in [3.8, 4) is 5.69 Å². The summed E-state index contributed by atoms with van der Waals surface area (Å²) in [5, 5.41) is -0.161. The maximum Gasteiger partial charge on any atom is 0.132 e. The molecule has 21 heavy (non-hydrogen) atoms. The van der Waals surface area contributed by atoms with Crippen molar-refractivity contribution in [3.63, 3.8) is 0 Å². The number of nitrogens with zero attached hydrogens (tertiary/aromatic N) is 2. The SMILES string of the molecule is Cc1ccc(-n2c(C(C)Cl)nc3cc(C)ccc32)c(Br)c1. The summed E-state index contributed by atoms with van der Waals surface area (Å²) in [6.45, 7) is 6.10. The largest absolute Gasteiger partial charge is 0.294 e. The molecule has 0 aliphatic carbocycles. The summed E-state index contributed by atoms with van der Waals surface area (Å²) < 4.78 is 3.18. The van der Waals surface area contributed by atoms with E-state index < -0.39 is 0 Å². The molecule has 1 unspecified atom stereocenters. The Balaban J connectivity index is 2.36. The second kappa shape index (κ2) is 5.47. The molecule has 3 rings (SSSR count). The molecule has 0 spiro atoms. The fraction of sp³-hybridized carbons (Fsp3) is 0.235. The molecule has 2 nitrogen and oxygen atoms in total. The van der Waals surface area contributed by atoms with Crippen molar-refractivity contribution in [1.82, 2.24) is 9.55 Å². The van der Waals surface area contributed by atoms with Crippen LogP contribution < -0.4 is 0 Å². The Morgan fingerprint density at radius 3 is 2.43 bits per heavy atom. The van der Waals surface area contributed by atoms with Gasteiger partial charge in [0.2, 0.25) is 0 Å². The Hall–Kier alpha value is -1.32. The minimum atomic E-state index is -0.161. The standard InChI is InChI=1S/C17H16BrClN2/c1-10-4-6-15(13(18)8-10)21-16-7-5-11(2)9-14(16)20-17(21)12(3)19/h4-9,12H,1-3H3. The molecular formula is C17H16BrClN2. The Kier molecular flexibility index (Phi) is 3.80. The summed E-state index contributed by atoms with van der Waals surface area (Å²) >= 11 is 10.0. The lowest BCUT2D eigenvalue weighted by atomic mass is 10.2. The third-order valence-electron chi connectivity index (χ3n) is 3.54. The van der Waals surface area contributed by atoms with Crippen LogP contribution in [0.15, 0.2) is 40.9 Å². The van der Waals surface area contributed by atoms with E-state index >= 15 is 0 Å². The second-order valence-corrected chi connectivity index (χ2v) is 6.88. The third-order valence-corrected chi connectivity index (χ3v) is 4.37. The first-order chi connectivity index (χ1) is 9.97. The zero-order valence-corrected chi connectivity index (χ0v) is 14.5. The molecule has 1 atom stereocenters. The zero-order valence-electron chi connectivity index (χ0n) is 12.2. The van der Waals surface area contributed by atoms with Gasteiger partial charge in [-0.25, -0.2) is 4.98 Å². The number of aryl methyl sites for hydroxylation is 2. The topological polar surface area (TPSA) is 17.8 Å². The highest BCUT2D eigenvalue weighted by Gasteiger charge is 2.17. The van der Waals surface area contributed by atoms with Crippen molar-refractivity contribution in [2.45, 2.75) is 26.1 Å². The Morgan fingerprint density at radius 2 is 1.76 bits per heavy atom. The number of benzene rings is 2. The van der Waals surface area contributed by atoms with Gasteiger partial charge in [-0.1, -0.05) is 12.1 Å². The monoisotopic (exact) mass is 362 g/mol.